The number of nitrogens with one attached hydrogen (secondary N) is 1. The molecular weight excluding hydrogens is 413 g/mol. The Morgan fingerprint density at radius 2 is 2.09 bits per heavy atom. The van der Waals surface area contributed by atoms with E-state index in [1.165, 1.54) is 18.6 Å². The predicted octanol–water partition coefficient (Wildman–Crippen LogP) is 3.20. The maximum atomic E-state index is 14.3. The Bertz CT molecular complexity index is 1060. The number of furan rings is 1. The van der Waals surface area contributed by atoms with Gasteiger partial charge in [0.1, 0.15) is 23.7 Å². The smallest absolute Gasteiger partial charge is 0.255 e. The third-order valence-corrected chi connectivity index (χ3v) is 5.81. The number of carbonyl (C=O) groups is 1. The number of aromatic nitrogens is 3. The first-order valence-electron chi connectivity index (χ1n) is 10.8. The first-order valence-corrected chi connectivity index (χ1v) is 10.8. The van der Waals surface area contributed by atoms with Gasteiger partial charge in [0.2, 0.25) is 0 Å². The van der Waals surface area contributed by atoms with E-state index in [0.29, 0.717) is 36.4 Å². The first kappa shape index (κ1) is 22.0. The van der Waals surface area contributed by atoms with Crippen molar-refractivity contribution < 1.29 is 18.3 Å². The fourth-order valence-electron chi connectivity index (χ4n) is 3.96. The number of hydrogen-bond acceptors (Lipinski definition) is 6. The molecule has 0 spiro atoms. The topological polar surface area (TPSA) is 85.4 Å². The van der Waals surface area contributed by atoms with Gasteiger partial charge >= 0.3 is 0 Å². The Kier molecular flexibility index (Phi) is 6.55. The maximum absolute atomic E-state index is 14.3. The molecule has 0 saturated carbocycles. The number of methoxy groups -OCH3 is 1. The van der Waals surface area contributed by atoms with Gasteiger partial charge in [-0.05, 0) is 30.2 Å². The highest BCUT2D eigenvalue weighted by atomic mass is 19.1. The number of rotatable bonds is 7. The van der Waals surface area contributed by atoms with Gasteiger partial charge in [0.25, 0.3) is 5.91 Å². The fraction of sp³-hybridized carbons (Fsp3) is 0.435. The molecule has 4 rings (SSSR count). The highest BCUT2D eigenvalue weighted by Crippen LogP contribution is 2.24. The van der Waals surface area contributed by atoms with Crippen LogP contribution in [0.25, 0.3) is 0 Å². The highest BCUT2D eigenvalue weighted by molar-refractivity contribution is 5.94. The van der Waals surface area contributed by atoms with Crippen molar-refractivity contribution in [1.82, 2.24) is 25.0 Å². The van der Waals surface area contributed by atoms with E-state index in [1.807, 2.05) is 13.8 Å². The minimum Gasteiger partial charge on any atom is -0.497 e. The van der Waals surface area contributed by atoms with Crippen LogP contribution < -0.4 is 10.1 Å². The van der Waals surface area contributed by atoms with E-state index < -0.39 is 0 Å². The average molecular weight is 442 g/mol. The monoisotopic (exact) mass is 441 g/mol. The standard InChI is InChI=1S/C23H28FN5O3/c1-15(2)21(25-23(30)16-7-11-32-14-16)22-27-26-20-6-8-28(9-10-29(20)22)13-17-12-18(31-3)4-5-19(17)24/h4-5,7,11-12,14-15,21H,6,8-10,13H2,1-3H3,(H,25,30)/t21-/m0/s1. The third kappa shape index (κ3) is 4.67. The minimum atomic E-state index is -0.291. The Morgan fingerprint density at radius 3 is 2.81 bits per heavy atom. The van der Waals surface area contributed by atoms with E-state index in [1.54, 1.807) is 25.3 Å². The molecule has 1 aliphatic heterocycles. The summed E-state index contributed by atoms with van der Waals surface area (Å²) in [6.07, 6.45) is 3.59. The summed E-state index contributed by atoms with van der Waals surface area (Å²) >= 11 is 0. The number of carbonyl (C=O) groups excluding carboxylic acids is 1. The molecule has 9 heteroatoms. The quantitative estimate of drug-likeness (QED) is 0.606. The molecule has 2 aromatic heterocycles. The van der Waals surface area contributed by atoms with Gasteiger partial charge in [0, 0.05) is 38.2 Å². The molecule has 0 fully saturated rings. The summed E-state index contributed by atoms with van der Waals surface area (Å²) in [7, 11) is 1.58. The molecule has 0 radical (unpaired) electrons. The van der Waals surface area contributed by atoms with E-state index in [0.717, 1.165) is 24.7 Å². The van der Waals surface area contributed by atoms with E-state index >= 15 is 0 Å². The van der Waals surface area contributed by atoms with Crippen LogP contribution >= 0.6 is 0 Å². The van der Waals surface area contributed by atoms with Crippen molar-refractivity contribution >= 4 is 5.91 Å². The third-order valence-electron chi connectivity index (χ3n) is 5.81. The maximum Gasteiger partial charge on any atom is 0.255 e. The molecule has 1 aliphatic rings. The molecule has 0 bridgehead atoms. The normalized spacial score (nSPS) is 15.3. The number of nitrogens with zero attached hydrogens (tertiary/aromatic N) is 4. The molecule has 32 heavy (non-hydrogen) atoms. The van der Waals surface area contributed by atoms with Crippen LogP contribution in [-0.4, -0.2) is 45.8 Å². The average Bonchev–Trinajstić information content (AvgIpc) is 3.41. The molecule has 8 nitrogen and oxygen atoms in total. The Balaban J connectivity index is 1.49. The lowest BCUT2D eigenvalue weighted by molar-refractivity contribution is 0.0921. The van der Waals surface area contributed by atoms with E-state index in [9.17, 15) is 9.18 Å². The van der Waals surface area contributed by atoms with Crippen molar-refractivity contribution in [1.29, 1.82) is 0 Å². The van der Waals surface area contributed by atoms with Gasteiger partial charge in [-0.3, -0.25) is 9.69 Å². The number of amides is 1. The molecule has 0 aliphatic carbocycles. The lowest BCUT2D eigenvalue weighted by Gasteiger charge is -2.23. The molecular formula is C23H28FN5O3. The van der Waals surface area contributed by atoms with Crippen molar-refractivity contribution in [3.05, 3.63) is 65.4 Å². The van der Waals surface area contributed by atoms with Crippen molar-refractivity contribution in [3.63, 3.8) is 0 Å². The first-order chi connectivity index (χ1) is 15.5. The molecule has 3 heterocycles. The lowest BCUT2D eigenvalue weighted by atomic mass is 10.0. The highest BCUT2D eigenvalue weighted by Gasteiger charge is 2.28. The zero-order valence-corrected chi connectivity index (χ0v) is 18.5. The Morgan fingerprint density at radius 1 is 1.25 bits per heavy atom. The molecule has 1 N–H and O–H groups in total. The zero-order chi connectivity index (χ0) is 22.7. The van der Waals surface area contributed by atoms with E-state index in [-0.39, 0.29) is 23.7 Å². The molecule has 170 valence electrons. The Labute approximate surface area is 186 Å². The second-order valence-electron chi connectivity index (χ2n) is 8.32. The second-order valence-corrected chi connectivity index (χ2v) is 8.32. The lowest BCUT2D eigenvalue weighted by Crippen LogP contribution is -2.34. The number of fused-ring (bicyclic) bond motifs is 1. The summed E-state index contributed by atoms with van der Waals surface area (Å²) in [5, 5.41) is 11.9. The van der Waals surface area contributed by atoms with E-state index in [4.69, 9.17) is 9.15 Å². The summed E-state index contributed by atoms with van der Waals surface area (Å²) in [5.41, 5.74) is 1.08. The van der Waals surface area contributed by atoms with Crippen LogP contribution in [0.1, 0.15) is 47.5 Å². The predicted molar refractivity (Wildman–Crippen MR) is 116 cm³/mol. The van der Waals surface area contributed by atoms with Gasteiger partial charge in [-0.1, -0.05) is 13.8 Å². The van der Waals surface area contributed by atoms with E-state index in [2.05, 4.69) is 25.0 Å². The van der Waals surface area contributed by atoms with Crippen LogP contribution in [0.15, 0.2) is 41.2 Å². The minimum absolute atomic E-state index is 0.115. The summed E-state index contributed by atoms with van der Waals surface area (Å²) in [6, 6.07) is 6.15. The summed E-state index contributed by atoms with van der Waals surface area (Å²) < 4.78 is 26.7. The zero-order valence-electron chi connectivity index (χ0n) is 18.5. The number of benzene rings is 1. The van der Waals surface area contributed by atoms with Gasteiger partial charge in [0.05, 0.1) is 25.0 Å². The largest absolute Gasteiger partial charge is 0.497 e. The Hall–Kier alpha value is -3.20. The van der Waals surface area contributed by atoms with Gasteiger partial charge in [-0.25, -0.2) is 4.39 Å². The van der Waals surface area contributed by atoms with Crippen molar-refractivity contribution in [2.24, 2.45) is 5.92 Å². The van der Waals surface area contributed by atoms with Crippen LogP contribution in [0.5, 0.6) is 5.75 Å². The van der Waals surface area contributed by atoms with Crippen molar-refractivity contribution in [2.75, 3.05) is 20.2 Å². The second kappa shape index (κ2) is 9.52. The van der Waals surface area contributed by atoms with Gasteiger partial charge in [0.15, 0.2) is 5.82 Å². The van der Waals surface area contributed by atoms with Crippen LogP contribution in [-0.2, 0) is 19.5 Å². The van der Waals surface area contributed by atoms with Crippen LogP contribution in [0.2, 0.25) is 0 Å². The van der Waals surface area contributed by atoms with Gasteiger partial charge in [-0.2, -0.15) is 0 Å². The van der Waals surface area contributed by atoms with Crippen molar-refractivity contribution in [2.45, 2.75) is 39.4 Å². The SMILES string of the molecule is COc1ccc(F)c(CN2CCc3nnc([C@@H](NC(=O)c4ccoc4)C(C)C)n3CC2)c1. The fourth-order valence-corrected chi connectivity index (χ4v) is 3.96. The van der Waals surface area contributed by atoms with Gasteiger partial charge in [-0.15, -0.1) is 10.2 Å². The van der Waals surface area contributed by atoms with Crippen LogP contribution in [0.3, 0.4) is 0 Å². The number of hydrogen-bond donors (Lipinski definition) is 1. The summed E-state index contributed by atoms with van der Waals surface area (Å²) in [6.45, 7) is 6.68. The number of halogens is 1. The molecule has 1 aromatic carbocycles. The molecule has 1 atom stereocenters. The van der Waals surface area contributed by atoms with Crippen molar-refractivity contribution in [3.8, 4) is 5.75 Å². The summed E-state index contributed by atoms with van der Waals surface area (Å²) in [5.74, 6) is 1.92. The summed E-state index contributed by atoms with van der Waals surface area (Å²) in [4.78, 5) is 14.8. The molecule has 3 aromatic rings. The number of ether oxygens (including phenoxy) is 1. The molecule has 1 amide bonds. The molecule has 0 unspecified atom stereocenters. The van der Waals surface area contributed by atoms with Gasteiger partial charge < -0.3 is 19.0 Å². The molecule has 0 saturated heterocycles. The van der Waals surface area contributed by atoms with Crippen LogP contribution in [0.4, 0.5) is 4.39 Å². The van der Waals surface area contributed by atoms with Crippen LogP contribution in [0, 0.1) is 11.7 Å².